The van der Waals surface area contributed by atoms with Crippen LogP contribution in [0.2, 0.25) is 0 Å². The predicted octanol–water partition coefficient (Wildman–Crippen LogP) is 7.95. The van der Waals surface area contributed by atoms with Gasteiger partial charge in [-0.25, -0.2) is 9.97 Å². The van der Waals surface area contributed by atoms with Gasteiger partial charge >= 0.3 is 6.18 Å². The quantitative estimate of drug-likeness (QED) is 0.229. The molecule has 7 heteroatoms. The molecule has 1 unspecified atom stereocenters. The molecule has 0 aliphatic heterocycles. The molecule has 0 saturated carbocycles. The molecule has 1 atom stereocenters. The molecule has 1 heterocycles. The van der Waals surface area contributed by atoms with Gasteiger partial charge in [0.25, 0.3) is 0 Å². The lowest BCUT2D eigenvalue weighted by molar-refractivity contribution is -0.138. The number of nitrogens with one attached hydrogen (secondary N) is 1. The second kappa shape index (κ2) is 11.4. The largest absolute Gasteiger partial charge is 0.416 e. The van der Waals surface area contributed by atoms with Gasteiger partial charge in [-0.05, 0) is 66.1 Å². The molecule has 3 aromatic carbocycles. The van der Waals surface area contributed by atoms with Crippen LogP contribution in [0.3, 0.4) is 0 Å². The Kier molecular flexibility index (Phi) is 7.74. The number of anilines is 2. The van der Waals surface area contributed by atoms with Crippen molar-refractivity contribution in [2.75, 3.05) is 19.0 Å². The zero-order chi connectivity index (χ0) is 26.5. The Hall–Kier alpha value is -3.71. The molecule has 4 nitrogen and oxygen atoms in total. The van der Waals surface area contributed by atoms with E-state index in [1.54, 1.807) is 25.4 Å². The van der Waals surface area contributed by atoms with Crippen LogP contribution in [0.1, 0.15) is 53.0 Å². The summed E-state index contributed by atoms with van der Waals surface area (Å²) in [6.07, 6.45) is 2.07. The maximum absolute atomic E-state index is 13.8. The topological polar surface area (TPSA) is 47.0 Å². The Balaban J connectivity index is 1.36. The number of aryl methyl sites for hydroxylation is 1. The van der Waals surface area contributed by atoms with E-state index in [9.17, 15) is 13.2 Å². The lowest BCUT2D eigenvalue weighted by Crippen LogP contribution is -2.19. The number of alkyl halides is 3. The van der Waals surface area contributed by atoms with Crippen molar-refractivity contribution in [1.82, 2.24) is 9.97 Å². The Morgan fingerprint density at radius 2 is 1.63 bits per heavy atom. The third-order valence-corrected chi connectivity index (χ3v) is 7.05. The first kappa shape index (κ1) is 25.9. The molecule has 1 aliphatic carbocycles. The molecule has 1 aromatic heterocycles. The Morgan fingerprint density at radius 3 is 2.39 bits per heavy atom. The molecular formula is C31H30F3N3O. The summed E-state index contributed by atoms with van der Waals surface area (Å²) < 4.78 is 46.6. The SMILES string of the molecule is COCCCCCc1ccc(Nc2ncc3c(n2)-c2ccccc2C(c2ccccc2C(F)(F)F)C3)cc1. The fourth-order valence-corrected chi connectivity index (χ4v) is 5.17. The van der Waals surface area contributed by atoms with Crippen molar-refractivity contribution in [3.05, 3.63) is 107 Å². The predicted molar refractivity (Wildman–Crippen MR) is 144 cm³/mol. The van der Waals surface area contributed by atoms with Crippen LogP contribution >= 0.6 is 0 Å². The summed E-state index contributed by atoms with van der Waals surface area (Å²) in [5.41, 5.74) is 5.11. The van der Waals surface area contributed by atoms with Gasteiger partial charge in [-0.15, -0.1) is 0 Å². The average Bonchev–Trinajstić information content (AvgIpc) is 2.93. The van der Waals surface area contributed by atoms with Gasteiger partial charge < -0.3 is 10.1 Å². The summed E-state index contributed by atoms with van der Waals surface area (Å²) >= 11 is 0. The summed E-state index contributed by atoms with van der Waals surface area (Å²) in [4.78, 5) is 9.30. The zero-order valence-corrected chi connectivity index (χ0v) is 21.3. The van der Waals surface area contributed by atoms with Crippen molar-refractivity contribution >= 4 is 11.6 Å². The van der Waals surface area contributed by atoms with E-state index in [0.717, 1.165) is 66.4 Å². The summed E-state index contributed by atoms with van der Waals surface area (Å²) in [5.74, 6) is 0.0287. The Morgan fingerprint density at radius 1 is 0.895 bits per heavy atom. The van der Waals surface area contributed by atoms with Crippen LogP contribution in [-0.4, -0.2) is 23.7 Å². The maximum Gasteiger partial charge on any atom is 0.416 e. The van der Waals surface area contributed by atoms with Gasteiger partial charge in [0, 0.05) is 37.1 Å². The number of hydrogen-bond donors (Lipinski definition) is 1. The highest BCUT2D eigenvalue weighted by atomic mass is 19.4. The zero-order valence-electron chi connectivity index (χ0n) is 21.3. The van der Waals surface area contributed by atoms with Crippen molar-refractivity contribution in [3.63, 3.8) is 0 Å². The van der Waals surface area contributed by atoms with Crippen LogP contribution in [0.15, 0.2) is 79.0 Å². The van der Waals surface area contributed by atoms with Crippen molar-refractivity contribution in [2.24, 2.45) is 0 Å². The number of benzene rings is 3. The van der Waals surface area contributed by atoms with Gasteiger partial charge in [0.1, 0.15) is 0 Å². The number of aromatic nitrogens is 2. The highest BCUT2D eigenvalue weighted by molar-refractivity contribution is 5.73. The fourth-order valence-electron chi connectivity index (χ4n) is 5.17. The minimum atomic E-state index is -4.42. The first-order valence-electron chi connectivity index (χ1n) is 12.9. The summed E-state index contributed by atoms with van der Waals surface area (Å²) in [6.45, 7) is 0.801. The van der Waals surface area contributed by atoms with Gasteiger partial charge in [-0.1, -0.05) is 61.0 Å². The maximum atomic E-state index is 13.8. The molecule has 0 fully saturated rings. The number of halogens is 3. The standard InChI is InChI=1S/C31H30F3N3O/c1-38-18-8-2-3-9-21-14-16-23(17-15-21)36-30-35-20-22-19-27(24-10-4-5-12-26(24)29(22)37-30)25-11-6-7-13-28(25)31(32,33)34/h4-7,10-17,20,27H,2-3,8-9,18-19H2,1H3,(H,35,36,37). The second-order valence-electron chi connectivity index (χ2n) is 9.62. The van der Waals surface area contributed by atoms with E-state index in [0.29, 0.717) is 12.4 Å². The molecule has 5 rings (SSSR count). The minimum Gasteiger partial charge on any atom is -0.385 e. The minimum absolute atomic E-state index is 0.277. The molecule has 4 aromatic rings. The molecular weight excluding hydrogens is 487 g/mol. The number of methoxy groups -OCH3 is 1. The van der Waals surface area contributed by atoms with Gasteiger partial charge in [0.2, 0.25) is 5.95 Å². The fraction of sp³-hybridized carbons (Fsp3) is 0.290. The van der Waals surface area contributed by atoms with Gasteiger partial charge in [0.15, 0.2) is 0 Å². The highest BCUT2D eigenvalue weighted by Gasteiger charge is 2.37. The van der Waals surface area contributed by atoms with Crippen LogP contribution in [0.25, 0.3) is 11.3 Å². The van der Waals surface area contributed by atoms with E-state index in [1.807, 2.05) is 36.4 Å². The lowest BCUT2D eigenvalue weighted by Gasteiger charge is -2.29. The molecule has 1 aliphatic rings. The average molecular weight is 518 g/mol. The van der Waals surface area contributed by atoms with Crippen LogP contribution in [0, 0.1) is 0 Å². The molecule has 0 saturated heterocycles. The highest BCUT2D eigenvalue weighted by Crippen LogP contribution is 2.45. The van der Waals surface area contributed by atoms with Crippen molar-refractivity contribution in [3.8, 4) is 11.3 Å². The van der Waals surface area contributed by atoms with Gasteiger partial charge in [-0.3, -0.25) is 0 Å². The Labute approximate surface area is 220 Å². The van der Waals surface area contributed by atoms with E-state index < -0.39 is 17.7 Å². The number of hydrogen-bond acceptors (Lipinski definition) is 4. The van der Waals surface area contributed by atoms with E-state index >= 15 is 0 Å². The number of nitrogens with zero attached hydrogens (tertiary/aromatic N) is 2. The Bertz CT molecular complexity index is 1390. The first-order valence-corrected chi connectivity index (χ1v) is 12.9. The van der Waals surface area contributed by atoms with E-state index in [-0.39, 0.29) is 5.56 Å². The third-order valence-electron chi connectivity index (χ3n) is 7.05. The first-order chi connectivity index (χ1) is 18.4. The van der Waals surface area contributed by atoms with Crippen molar-refractivity contribution < 1.29 is 17.9 Å². The summed E-state index contributed by atoms with van der Waals surface area (Å²) in [7, 11) is 1.73. The molecule has 196 valence electrons. The van der Waals surface area contributed by atoms with Gasteiger partial charge in [0.05, 0.1) is 11.3 Å². The molecule has 1 N–H and O–H groups in total. The van der Waals surface area contributed by atoms with Crippen LogP contribution in [0.4, 0.5) is 24.8 Å². The smallest absolute Gasteiger partial charge is 0.385 e. The summed E-state index contributed by atoms with van der Waals surface area (Å²) in [6, 6.07) is 21.7. The molecule has 38 heavy (non-hydrogen) atoms. The molecule has 0 bridgehead atoms. The van der Waals surface area contributed by atoms with Crippen LogP contribution in [-0.2, 0) is 23.8 Å². The van der Waals surface area contributed by atoms with E-state index in [2.05, 4.69) is 22.4 Å². The second-order valence-corrected chi connectivity index (χ2v) is 9.62. The van der Waals surface area contributed by atoms with E-state index in [1.165, 1.54) is 11.6 Å². The van der Waals surface area contributed by atoms with Crippen LogP contribution < -0.4 is 5.32 Å². The number of unbranched alkanes of at least 4 members (excludes halogenated alkanes) is 2. The number of rotatable bonds is 9. The summed E-state index contributed by atoms with van der Waals surface area (Å²) in [5, 5.41) is 3.28. The van der Waals surface area contributed by atoms with Crippen molar-refractivity contribution in [1.29, 1.82) is 0 Å². The lowest BCUT2D eigenvalue weighted by atomic mass is 9.76. The van der Waals surface area contributed by atoms with Crippen LogP contribution in [0.5, 0.6) is 0 Å². The number of fused-ring (bicyclic) bond motifs is 3. The molecule has 0 radical (unpaired) electrons. The van der Waals surface area contributed by atoms with E-state index in [4.69, 9.17) is 9.72 Å². The monoisotopic (exact) mass is 517 g/mol. The number of ether oxygens (including phenoxy) is 1. The normalized spacial score (nSPS) is 14.6. The molecule has 0 amide bonds. The third kappa shape index (κ3) is 5.73. The molecule has 0 spiro atoms. The van der Waals surface area contributed by atoms with Crippen molar-refractivity contribution in [2.45, 2.75) is 44.2 Å². The van der Waals surface area contributed by atoms with Gasteiger partial charge in [-0.2, -0.15) is 13.2 Å².